The van der Waals surface area contributed by atoms with Crippen molar-refractivity contribution < 1.29 is 4.79 Å². The molecule has 0 bridgehead atoms. The van der Waals surface area contributed by atoms with Gasteiger partial charge in [-0.1, -0.05) is 43.7 Å². The van der Waals surface area contributed by atoms with Gasteiger partial charge in [0.1, 0.15) is 0 Å². The van der Waals surface area contributed by atoms with Crippen LogP contribution in [0.15, 0.2) is 36.4 Å². The number of aromatic nitrogens is 3. The first-order chi connectivity index (χ1) is 16.7. The molecule has 0 spiro atoms. The molecular formula is C31H39N3O. The molecular weight excluding hydrogens is 430 g/mol. The standard InChI is InChI=1S/C31H39N3O/c1-9-24-18(4)30(32-20(24)6)25(10-2)26-15-16-27(34-26)29(23-13-11-17(3)12-14-23)31-19(5)28(22(8)35)21(7)33-31/h11-16,25,29,32-34H,9-10H2,1-8H3. The second kappa shape index (κ2) is 9.77. The third-order valence-corrected chi connectivity index (χ3v) is 7.69. The minimum Gasteiger partial charge on any atom is -0.361 e. The van der Waals surface area contributed by atoms with Gasteiger partial charge in [-0.3, -0.25) is 4.79 Å². The fourth-order valence-corrected chi connectivity index (χ4v) is 5.93. The highest BCUT2D eigenvalue weighted by Crippen LogP contribution is 2.38. The number of carbonyl (C=O) groups is 1. The van der Waals surface area contributed by atoms with E-state index in [1.165, 1.54) is 39.3 Å². The quantitative estimate of drug-likeness (QED) is 0.227. The maximum atomic E-state index is 12.4. The average Bonchev–Trinajstić information content (AvgIpc) is 3.47. The van der Waals surface area contributed by atoms with Crippen LogP contribution in [0.1, 0.15) is 111 Å². The van der Waals surface area contributed by atoms with Crippen molar-refractivity contribution in [3.05, 3.63) is 104 Å². The van der Waals surface area contributed by atoms with Crippen LogP contribution >= 0.6 is 0 Å². The maximum Gasteiger partial charge on any atom is 0.161 e. The minimum absolute atomic E-state index is 0.00802. The smallest absolute Gasteiger partial charge is 0.161 e. The molecule has 0 fully saturated rings. The summed E-state index contributed by atoms with van der Waals surface area (Å²) in [5.74, 6) is 0.375. The minimum atomic E-state index is -0.00802. The monoisotopic (exact) mass is 469 g/mol. The lowest BCUT2D eigenvalue weighted by Crippen LogP contribution is -2.08. The summed E-state index contributed by atoms with van der Waals surface area (Å²) < 4.78 is 0. The van der Waals surface area contributed by atoms with E-state index in [-0.39, 0.29) is 17.6 Å². The van der Waals surface area contributed by atoms with Crippen LogP contribution in [0.4, 0.5) is 0 Å². The predicted octanol–water partition coefficient (Wildman–Crippen LogP) is 7.70. The van der Waals surface area contributed by atoms with Crippen LogP contribution in [0.3, 0.4) is 0 Å². The van der Waals surface area contributed by atoms with Gasteiger partial charge in [-0.05, 0) is 88.8 Å². The van der Waals surface area contributed by atoms with E-state index in [0.29, 0.717) is 0 Å². The highest BCUT2D eigenvalue weighted by molar-refractivity contribution is 5.97. The van der Waals surface area contributed by atoms with Gasteiger partial charge in [-0.25, -0.2) is 0 Å². The number of benzene rings is 1. The summed E-state index contributed by atoms with van der Waals surface area (Å²) >= 11 is 0. The Kier molecular flexibility index (Phi) is 6.93. The zero-order valence-electron chi connectivity index (χ0n) is 22.4. The molecule has 4 rings (SSSR count). The van der Waals surface area contributed by atoms with Gasteiger partial charge in [0.15, 0.2) is 5.78 Å². The van der Waals surface area contributed by atoms with Crippen LogP contribution < -0.4 is 0 Å². The van der Waals surface area contributed by atoms with E-state index in [4.69, 9.17) is 0 Å². The van der Waals surface area contributed by atoms with Crippen LogP contribution in [-0.4, -0.2) is 20.7 Å². The summed E-state index contributed by atoms with van der Waals surface area (Å²) in [6.07, 6.45) is 2.05. The number of Topliss-reactive ketones (excluding diaryl/α,β-unsaturated/α-hetero) is 1. The van der Waals surface area contributed by atoms with Crippen LogP contribution in [0.25, 0.3) is 0 Å². The molecule has 3 aromatic heterocycles. The molecule has 0 amide bonds. The molecule has 3 heterocycles. The predicted molar refractivity (Wildman–Crippen MR) is 145 cm³/mol. The van der Waals surface area contributed by atoms with Gasteiger partial charge in [0.2, 0.25) is 0 Å². The van der Waals surface area contributed by atoms with Crippen molar-refractivity contribution >= 4 is 5.78 Å². The Morgan fingerprint density at radius 3 is 1.94 bits per heavy atom. The number of aryl methyl sites for hydroxylation is 3. The Labute approximate surface area is 209 Å². The Morgan fingerprint density at radius 2 is 1.40 bits per heavy atom. The van der Waals surface area contributed by atoms with Crippen molar-refractivity contribution in [3.8, 4) is 0 Å². The summed E-state index contributed by atoms with van der Waals surface area (Å²) in [5.41, 5.74) is 14.1. The summed E-state index contributed by atoms with van der Waals surface area (Å²) in [5, 5.41) is 0. The molecule has 2 unspecified atom stereocenters. The molecule has 2 atom stereocenters. The molecule has 184 valence electrons. The van der Waals surface area contributed by atoms with Crippen molar-refractivity contribution in [2.75, 3.05) is 0 Å². The number of hydrogen-bond donors (Lipinski definition) is 3. The van der Waals surface area contributed by atoms with Gasteiger partial charge in [0, 0.05) is 45.6 Å². The topological polar surface area (TPSA) is 64.4 Å². The van der Waals surface area contributed by atoms with Gasteiger partial charge in [0.05, 0.1) is 5.92 Å². The summed E-state index contributed by atoms with van der Waals surface area (Å²) in [4.78, 5) is 23.5. The van der Waals surface area contributed by atoms with E-state index in [1.54, 1.807) is 6.92 Å². The average molecular weight is 470 g/mol. The summed E-state index contributed by atoms with van der Waals surface area (Å²) in [6, 6.07) is 13.2. The second-order valence-corrected chi connectivity index (χ2v) is 10.0. The molecule has 0 aliphatic heterocycles. The highest BCUT2D eigenvalue weighted by atomic mass is 16.1. The SMILES string of the molecule is CCc1c(C)[nH]c(C(CC)c2ccc(C(c3ccc(C)cc3)c3[nH]c(C)c(C(C)=O)c3C)[nH]2)c1C. The molecule has 4 nitrogen and oxygen atoms in total. The molecule has 0 aliphatic rings. The molecule has 3 N–H and O–H groups in total. The largest absolute Gasteiger partial charge is 0.361 e. The van der Waals surface area contributed by atoms with E-state index in [0.717, 1.165) is 41.1 Å². The van der Waals surface area contributed by atoms with Crippen LogP contribution in [0.2, 0.25) is 0 Å². The Bertz CT molecular complexity index is 1350. The number of hydrogen-bond acceptors (Lipinski definition) is 1. The van der Waals surface area contributed by atoms with E-state index >= 15 is 0 Å². The summed E-state index contributed by atoms with van der Waals surface area (Å²) in [7, 11) is 0. The van der Waals surface area contributed by atoms with Crippen molar-refractivity contribution in [3.63, 3.8) is 0 Å². The van der Waals surface area contributed by atoms with Crippen molar-refractivity contribution in [2.45, 2.75) is 80.1 Å². The number of rotatable bonds is 8. The van der Waals surface area contributed by atoms with E-state index < -0.39 is 0 Å². The Hall–Kier alpha value is -3.27. The Balaban J connectivity index is 1.84. The third kappa shape index (κ3) is 4.42. The first-order valence-electron chi connectivity index (χ1n) is 12.8. The summed E-state index contributed by atoms with van der Waals surface area (Å²) in [6.45, 7) is 16.7. The van der Waals surface area contributed by atoms with E-state index in [2.05, 4.69) is 92.9 Å². The lowest BCUT2D eigenvalue weighted by molar-refractivity contribution is 0.101. The van der Waals surface area contributed by atoms with Gasteiger partial charge < -0.3 is 15.0 Å². The third-order valence-electron chi connectivity index (χ3n) is 7.69. The number of aromatic amines is 3. The number of carbonyl (C=O) groups excluding carboxylic acids is 1. The lowest BCUT2D eigenvalue weighted by atomic mass is 9.89. The number of ketones is 1. The molecule has 1 aromatic carbocycles. The van der Waals surface area contributed by atoms with Crippen LogP contribution in [0, 0.1) is 34.6 Å². The molecule has 4 aromatic rings. The fraction of sp³-hybridized carbons (Fsp3) is 0.387. The highest BCUT2D eigenvalue weighted by Gasteiger charge is 2.27. The fourth-order valence-electron chi connectivity index (χ4n) is 5.93. The van der Waals surface area contributed by atoms with Crippen molar-refractivity contribution in [2.24, 2.45) is 0 Å². The molecule has 0 aliphatic carbocycles. The Morgan fingerprint density at radius 1 is 0.771 bits per heavy atom. The van der Waals surface area contributed by atoms with E-state index in [9.17, 15) is 4.79 Å². The van der Waals surface area contributed by atoms with Crippen LogP contribution in [0.5, 0.6) is 0 Å². The first kappa shape index (κ1) is 24.8. The number of nitrogens with one attached hydrogen (secondary N) is 3. The van der Waals surface area contributed by atoms with Crippen LogP contribution in [-0.2, 0) is 6.42 Å². The molecule has 4 heteroatoms. The maximum absolute atomic E-state index is 12.4. The molecule has 35 heavy (non-hydrogen) atoms. The van der Waals surface area contributed by atoms with Gasteiger partial charge in [0.25, 0.3) is 0 Å². The zero-order valence-corrected chi connectivity index (χ0v) is 22.4. The molecule has 0 radical (unpaired) electrons. The second-order valence-electron chi connectivity index (χ2n) is 10.0. The van der Waals surface area contributed by atoms with E-state index in [1.807, 2.05) is 6.92 Å². The van der Waals surface area contributed by atoms with Crippen molar-refractivity contribution in [1.82, 2.24) is 15.0 Å². The number of H-pyrrole nitrogens is 3. The normalized spacial score (nSPS) is 13.3. The lowest BCUT2D eigenvalue weighted by Gasteiger charge is -2.19. The van der Waals surface area contributed by atoms with Crippen molar-refractivity contribution in [1.29, 1.82) is 0 Å². The molecule has 0 saturated carbocycles. The zero-order chi connectivity index (χ0) is 25.4. The van der Waals surface area contributed by atoms with Gasteiger partial charge in [-0.2, -0.15) is 0 Å². The van der Waals surface area contributed by atoms with Gasteiger partial charge >= 0.3 is 0 Å². The molecule has 0 saturated heterocycles. The first-order valence-corrected chi connectivity index (χ1v) is 12.8. The van der Waals surface area contributed by atoms with Gasteiger partial charge in [-0.15, -0.1) is 0 Å².